The average molecular weight is 507 g/mol. The van der Waals surface area contributed by atoms with Crippen LogP contribution in [0, 0.1) is 6.92 Å². The summed E-state index contributed by atoms with van der Waals surface area (Å²) in [5, 5.41) is 15.4. The normalized spacial score (nSPS) is 13.3. The second-order valence-corrected chi connectivity index (χ2v) is 10.9. The molecule has 0 aliphatic rings. The summed E-state index contributed by atoms with van der Waals surface area (Å²) in [5.74, 6) is -1.82. The number of alkyl carbamates (subject to hydrolysis) is 1. The number of carbonyl (C=O) groups excluding carboxylic acids is 4. The van der Waals surface area contributed by atoms with E-state index in [9.17, 15) is 24.3 Å². The number of phenols is 1. The molecule has 0 radical (unpaired) electrons. The fourth-order valence-electron chi connectivity index (χ4n) is 3.51. The SMILES string of the molecule is CCCCN(C(=O)C(CC(N)=O)NC(=O)OC(C)(C)C)C(C(=O)NC(C)(C)C)c1ccc(O)c(C)c1. The minimum absolute atomic E-state index is 0.0540. The molecule has 4 amide bonds. The highest BCUT2D eigenvalue weighted by Crippen LogP contribution is 2.28. The lowest BCUT2D eigenvalue weighted by Crippen LogP contribution is -2.55. The number of amides is 4. The Morgan fingerprint density at radius 2 is 1.72 bits per heavy atom. The summed E-state index contributed by atoms with van der Waals surface area (Å²) in [6.45, 7) is 14.3. The van der Waals surface area contributed by atoms with Crippen LogP contribution >= 0.6 is 0 Å². The number of primary amides is 1. The Kier molecular flexibility index (Phi) is 10.8. The summed E-state index contributed by atoms with van der Waals surface area (Å²) < 4.78 is 5.27. The molecule has 1 aromatic rings. The second-order valence-electron chi connectivity index (χ2n) is 10.9. The van der Waals surface area contributed by atoms with Crippen LogP contribution in [0.25, 0.3) is 0 Å². The molecule has 0 spiro atoms. The van der Waals surface area contributed by atoms with Gasteiger partial charge < -0.3 is 31.1 Å². The number of hydrogen-bond donors (Lipinski definition) is 4. The van der Waals surface area contributed by atoms with Gasteiger partial charge in [0.15, 0.2) is 0 Å². The number of aromatic hydroxyl groups is 1. The average Bonchev–Trinajstić information content (AvgIpc) is 2.69. The maximum atomic E-state index is 13.8. The van der Waals surface area contributed by atoms with Gasteiger partial charge in [0.2, 0.25) is 17.7 Å². The van der Waals surface area contributed by atoms with E-state index in [4.69, 9.17) is 10.5 Å². The van der Waals surface area contributed by atoms with Crippen molar-refractivity contribution in [1.29, 1.82) is 0 Å². The molecule has 0 bridgehead atoms. The molecule has 0 fully saturated rings. The fraction of sp³-hybridized carbons (Fsp3) is 0.615. The Morgan fingerprint density at radius 1 is 1.11 bits per heavy atom. The van der Waals surface area contributed by atoms with Crippen LogP contribution in [0.5, 0.6) is 5.75 Å². The molecule has 36 heavy (non-hydrogen) atoms. The van der Waals surface area contributed by atoms with Crippen molar-refractivity contribution in [2.75, 3.05) is 6.54 Å². The Labute approximate surface area is 213 Å². The van der Waals surface area contributed by atoms with Crippen LogP contribution in [0.2, 0.25) is 0 Å². The third-order valence-corrected chi connectivity index (χ3v) is 5.02. The standard InChI is InChI=1S/C26H42N4O6/c1-9-10-13-30(23(34)18(15-20(27)32)28-24(35)36-26(6,7)8)21(22(33)29-25(3,4)5)17-11-12-19(31)16(2)14-17/h11-12,14,18,21,31H,9-10,13,15H2,1-8H3,(H2,27,32)(H,28,35)(H,29,33). The number of rotatable bonds is 10. The number of benzene rings is 1. The van der Waals surface area contributed by atoms with E-state index in [2.05, 4.69) is 10.6 Å². The van der Waals surface area contributed by atoms with Crippen molar-refractivity contribution in [3.05, 3.63) is 29.3 Å². The summed E-state index contributed by atoms with van der Waals surface area (Å²) in [5.41, 5.74) is 4.98. The zero-order chi connectivity index (χ0) is 27.8. The molecule has 202 valence electrons. The highest BCUT2D eigenvalue weighted by atomic mass is 16.6. The van der Waals surface area contributed by atoms with Gasteiger partial charge in [-0.15, -0.1) is 0 Å². The lowest BCUT2D eigenvalue weighted by atomic mass is 9.98. The van der Waals surface area contributed by atoms with Crippen molar-refractivity contribution in [1.82, 2.24) is 15.5 Å². The molecule has 10 nitrogen and oxygen atoms in total. The molecule has 0 aromatic heterocycles. The Bertz CT molecular complexity index is 949. The Balaban J connectivity index is 3.56. The quantitative estimate of drug-likeness (QED) is 0.383. The van der Waals surface area contributed by atoms with Crippen LogP contribution in [-0.2, 0) is 19.1 Å². The second kappa shape index (κ2) is 12.6. The minimum Gasteiger partial charge on any atom is -0.508 e. The summed E-state index contributed by atoms with van der Waals surface area (Å²) >= 11 is 0. The molecule has 10 heteroatoms. The van der Waals surface area contributed by atoms with Crippen molar-refractivity contribution in [3.8, 4) is 5.75 Å². The monoisotopic (exact) mass is 506 g/mol. The molecular weight excluding hydrogens is 464 g/mol. The minimum atomic E-state index is -1.34. The van der Waals surface area contributed by atoms with E-state index < -0.39 is 53.5 Å². The van der Waals surface area contributed by atoms with Gasteiger partial charge in [0, 0.05) is 12.1 Å². The first-order valence-electron chi connectivity index (χ1n) is 12.1. The lowest BCUT2D eigenvalue weighted by Gasteiger charge is -2.36. The highest BCUT2D eigenvalue weighted by molar-refractivity contribution is 5.94. The first-order valence-corrected chi connectivity index (χ1v) is 12.1. The van der Waals surface area contributed by atoms with E-state index >= 15 is 0 Å². The van der Waals surface area contributed by atoms with Crippen LogP contribution in [0.15, 0.2) is 18.2 Å². The van der Waals surface area contributed by atoms with Gasteiger partial charge in [-0.1, -0.05) is 19.4 Å². The molecule has 0 heterocycles. The highest BCUT2D eigenvalue weighted by Gasteiger charge is 2.37. The molecular formula is C26H42N4O6. The topological polar surface area (TPSA) is 151 Å². The van der Waals surface area contributed by atoms with Crippen LogP contribution in [0.1, 0.15) is 84.9 Å². The van der Waals surface area contributed by atoms with Crippen LogP contribution in [0.3, 0.4) is 0 Å². The molecule has 0 saturated heterocycles. The number of nitrogens with two attached hydrogens (primary N) is 1. The van der Waals surface area contributed by atoms with E-state index in [1.54, 1.807) is 39.8 Å². The Hall–Kier alpha value is -3.30. The Morgan fingerprint density at radius 3 is 2.19 bits per heavy atom. The zero-order valence-corrected chi connectivity index (χ0v) is 22.7. The number of unbranched alkanes of at least 4 members (excludes halogenated alkanes) is 1. The number of phenolic OH excluding ortho intramolecular Hbond substituents is 1. The largest absolute Gasteiger partial charge is 0.508 e. The van der Waals surface area contributed by atoms with Crippen molar-refractivity contribution >= 4 is 23.8 Å². The number of aryl methyl sites for hydroxylation is 1. The van der Waals surface area contributed by atoms with Crippen LogP contribution < -0.4 is 16.4 Å². The maximum Gasteiger partial charge on any atom is 0.408 e. The van der Waals surface area contributed by atoms with E-state index in [-0.39, 0.29) is 12.3 Å². The number of nitrogens with zero attached hydrogens (tertiary/aromatic N) is 1. The van der Waals surface area contributed by atoms with E-state index in [0.29, 0.717) is 17.5 Å². The molecule has 1 aromatic carbocycles. The third-order valence-electron chi connectivity index (χ3n) is 5.02. The first kappa shape index (κ1) is 30.7. The van der Waals surface area contributed by atoms with Gasteiger partial charge in [0.05, 0.1) is 6.42 Å². The smallest absolute Gasteiger partial charge is 0.408 e. The van der Waals surface area contributed by atoms with Crippen molar-refractivity contribution in [2.45, 2.75) is 97.9 Å². The van der Waals surface area contributed by atoms with Gasteiger partial charge in [0.25, 0.3) is 0 Å². The summed E-state index contributed by atoms with van der Waals surface area (Å²) in [7, 11) is 0. The molecule has 5 N–H and O–H groups in total. The molecule has 0 saturated carbocycles. The van der Waals surface area contributed by atoms with Crippen molar-refractivity contribution in [3.63, 3.8) is 0 Å². The van der Waals surface area contributed by atoms with Crippen molar-refractivity contribution < 1.29 is 29.0 Å². The van der Waals surface area contributed by atoms with Gasteiger partial charge in [-0.3, -0.25) is 14.4 Å². The zero-order valence-electron chi connectivity index (χ0n) is 22.7. The van der Waals surface area contributed by atoms with Gasteiger partial charge in [-0.2, -0.15) is 0 Å². The lowest BCUT2D eigenvalue weighted by molar-refractivity contribution is -0.144. The van der Waals surface area contributed by atoms with E-state index in [1.165, 1.54) is 11.0 Å². The predicted octanol–water partition coefficient (Wildman–Crippen LogP) is 3.05. The molecule has 1 rings (SSSR count). The number of hydrogen-bond acceptors (Lipinski definition) is 6. The first-order chi connectivity index (χ1) is 16.4. The van der Waals surface area contributed by atoms with Gasteiger partial charge in [-0.25, -0.2) is 4.79 Å². The van der Waals surface area contributed by atoms with E-state index in [1.807, 2.05) is 27.7 Å². The molecule has 0 aliphatic heterocycles. The van der Waals surface area contributed by atoms with E-state index in [0.717, 1.165) is 6.42 Å². The molecule has 0 aliphatic carbocycles. The maximum absolute atomic E-state index is 13.8. The summed E-state index contributed by atoms with van der Waals surface area (Å²) in [6.07, 6.45) is -0.0547. The fourth-order valence-corrected chi connectivity index (χ4v) is 3.51. The van der Waals surface area contributed by atoms with Gasteiger partial charge >= 0.3 is 6.09 Å². The summed E-state index contributed by atoms with van der Waals surface area (Å²) in [6, 6.07) is 2.26. The van der Waals surface area contributed by atoms with Crippen LogP contribution in [-0.4, -0.2) is 57.5 Å². The predicted molar refractivity (Wildman–Crippen MR) is 137 cm³/mol. The number of carbonyl (C=O) groups is 4. The van der Waals surface area contributed by atoms with Gasteiger partial charge in [0.1, 0.15) is 23.4 Å². The molecule has 2 atom stereocenters. The van der Waals surface area contributed by atoms with Crippen LogP contribution in [0.4, 0.5) is 4.79 Å². The van der Waals surface area contributed by atoms with Crippen molar-refractivity contribution in [2.24, 2.45) is 5.73 Å². The van der Waals surface area contributed by atoms with Gasteiger partial charge in [-0.05, 0) is 78.1 Å². The number of ether oxygens (including phenoxy) is 1. The molecule has 2 unspecified atom stereocenters. The summed E-state index contributed by atoms with van der Waals surface area (Å²) in [4.78, 5) is 53.0. The number of nitrogens with one attached hydrogen (secondary N) is 2. The third kappa shape index (κ3) is 10.1.